The molecule has 1 aliphatic heterocycles. The fraction of sp³-hybridized carbons (Fsp3) is 0.450. The van der Waals surface area contributed by atoms with Gasteiger partial charge >= 0.3 is 6.18 Å². The molecule has 3 rings (SSSR count). The molecule has 0 atom stereocenters. The number of likely N-dealkylation sites (tertiary alicyclic amines) is 1. The van der Waals surface area contributed by atoms with Crippen molar-refractivity contribution in [1.29, 1.82) is 0 Å². The van der Waals surface area contributed by atoms with Gasteiger partial charge in [-0.15, -0.1) is 0 Å². The fourth-order valence-electron chi connectivity index (χ4n) is 3.45. The zero-order valence-electron chi connectivity index (χ0n) is 16.6. The van der Waals surface area contributed by atoms with Gasteiger partial charge in [-0.1, -0.05) is 12.1 Å². The number of carbonyl (C=O) groups is 2. The van der Waals surface area contributed by atoms with E-state index in [4.69, 9.17) is 0 Å². The maximum Gasteiger partial charge on any atom is 0.435 e. The molecule has 0 aliphatic carbocycles. The highest BCUT2D eigenvalue weighted by molar-refractivity contribution is 5.95. The number of halogens is 4. The lowest BCUT2D eigenvalue weighted by Crippen LogP contribution is -2.43. The van der Waals surface area contributed by atoms with Crippen molar-refractivity contribution >= 4 is 11.8 Å². The number of hydrogen-bond acceptors (Lipinski definition) is 3. The van der Waals surface area contributed by atoms with Gasteiger partial charge in [0, 0.05) is 38.8 Å². The van der Waals surface area contributed by atoms with Crippen molar-refractivity contribution in [2.24, 2.45) is 13.0 Å². The number of nitrogens with one attached hydrogen (secondary N) is 1. The van der Waals surface area contributed by atoms with Crippen molar-refractivity contribution in [3.8, 4) is 0 Å². The molecule has 1 N–H and O–H groups in total. The second kappa shape index (κ2) is 8.45. The zero-order chi connectivity index (χ0) is 22.1. The number of aryl methyl sites for hydroxylation is 2. The molecule has 6 nitrogen and oxygen atoms in total. The molecule has 162 valence electrons. The van der Waals surface area contributed by atoms with Crippen LogP contribution < -0.4 is 5.32 Å². The molecular formula is C20H22F4N4O2. The second-order valence-electron chi connectivity index (χ2n) is 7.43. The van der Waals surface area contributed by atoms with Crippen molar-refractivity contribution in [3.63, 3.8) is 0 Å². The van der Waals surface area contributed by atoms with E-state index in [0.717, 1.165) is 10.9 Å². The van der Waals surface area contributed by atoms with Crippen LogP contribution in [0.25, 0.3) is 0 Å². The Balaban J connectivity index is 1.56. The first-order valence-corrected chi connectivity index (χ1v) is 9.49. The van der Waals surface area contributed by atoms with E-state index in [1.54, 1.807) is 19.1 Å². The van der Waals surface area contributed by atoms with Crippen molar-refractivity contribution in [1.82, 2.24) is 20.0 Å². The Kier molecular flexibility index (Phi) is 6.14. The maximum atomic E-state index is 13.6. The number of nitrogens with zero attached hydrogens (tertiary/aromatic N) is 3. The highest BCUT2D eigenvalue weighted by Gasteiger charge is 2.40. The minimum Gasteiger partial charge on any atom is -0.352 e. The average molecular weight is 426 g/mol. The summed E-state index contributed by atoms with van der Waals surface area (Å²) in [7, 11) is 1.32. The third kappa shape index (κ3) is 4.80. The lowest BCUT2D eigenvalue weighted by Gasteiger charge is -2.31. The van der Waals surface area contributed by atoms with E-state index in [-0.39, 0.29) is 37.3 Å². The van der Waals surface area contributed by atoms with Gasteiger partial charge in [0.25, 0.3) is 5.91 Å². The summed E-state index contributed by atoms with van der Waals surface area (Å²) < 4.78 is 53.9. The van der Waals surface area contributed by atoms with E-state index in [1.165, 1.54) is 18.0 Å². The summed E-state index contributed by atoms with van der Waals surface area (Å²) in [6.45, 7) is 2.17. The Morgan fingerprint density at radius 1 is 1.23 bits per heavy atom. The molecule has 2 amide bonds. The molecule has 0 spiro atoms. The Morgan fingerprint density at radius 3 is 2.50 bits per heavy atom. The van der Waals surface area contributed by atoms with Gasteiger partial charge in [0.15, 0.2) is 5.69 Å². The van der Waals surface area contributed by atoms with Gasteiger partial charge in [0.05, 0.1) is 5.56 Å². The smallest absolute Gasteiger partial charge is 0.352 e. The number of aromatic nitrogens is 2. The Hall–Kier alpha value is -2.91. The van der Waals surface area contributed by atoms with E-state index in [0.29, 0.717) is 24.0 Å². The molecule has 2 aromatic rings. The maximum absolute atomic E-state index is 13.6. The average Bonchev–Trinajstić information content (AvgIpc) is 3.10. The Bertz CT molecular complexity index is 947. The molecule has 30 heavy (non-hydrogen) atoms. The Morgan fingerprint density at radius 2 is 1.90 bits per heavy atom. The standard InChI is InChI=1S/C20H22F4N4O2/c1-12-3-4-13(9-16(12)21)10-25-18(29)14-5-7-28(8-6-14)19(30)15-11-27(2)26-17(15)20(22,23)24/h3-4,9,11,14H,5-8,10H2,1-2H3,(H,25,29). The van der Waals surface area contributed by atoms with Gasteiger partial charge in [-0.2, -0.15) is 18.3 Å². The van der Waals surface area contributed by atoms with E-state index in [9.17, 15) is 27.2 Å². The van der Waals surface area contributed by atoms with E-state index in [1.807, 2.05) is 0 Å². The number of alkyl halides is 3. The predicted octanol–water partition coefficient (Wildman–Crippen LogP) is 3.06. The highest BCUT2D eigenvalue weighted by Crippen LogP contribution is 2.31. The predicted molar refractivity (Wildman–Crippen MR) is 99.8 cm³/mol. The van der Waals surface area contributed by atoms with Crippen LogP contribution in [0, 0.1) is 18.7 Å². The van der Waals surface area contributed by atoms with Crippen LogP contribution >= 0.6 is 0 Å². The monoisotopic (exact) mass is 426 g/mol. The molecule has 0 bridgehead atoms. The van der Waals surface area contributed by atoms with E-state index >= 15 is 0 Å². The molecule has 1 aliphatic rings. The Labute approximate surface area is 170 Å². The molecule has 1 saturated heterocycles. The molecule has 1 aromatic heterocycles. The molecular weight excluding hydrogens is 404 g/mol. The lowest BCUT2D eigenvalue weighted by molar-refractivity contribution is -0.141. The van der Waals surface area contributed by atoms with Crippen LogP contribution in [0.15, 0.2) is 24.4 Å². The van der Waals surface area contributed by atoms with E-state index < -0.39 is 23.3 Å². The summed E-state index contributed by atoms with van der Waals surface area (Å²) in [4.78, 5) is 26.3. The number of hydrogen-bond donors (Lipinski definition) is 1. The topological polar surface area (TPSA) is 67.2 Å². The van der Waals surface area contributed by atoms with Gasteiger partial charge < -0.3 is 10.2 Å². The number of carbonyl (C=O) groups excluding carboxylic acids is 2. The van der Waals surface area contributed by atoms with Crippen LogP contribution in [0.2, 0.25) is 0 Å². The minimum atomic E-state index is -4.72. The third-order valence-electron chi connectivity index (χ3n) is 5.18. The summed E-state index contributed by atoms with van der Waals surface area (Å²) >= 11 is 0. The molecule has 0 saturated carbocycles. The SMILES string of the molecule is Cc1ccc(CNC(=O)C2CCN(C(=O)c3cn(C)nc3C(F)(F)F)CC2)cc1F. The first kappa shape index (κ1) is 21.8. The number of piperidine rings is 1. The summed E-state index contributed by atoms with van der Waals surface area (Å²) in [6, 6.07) is 4.73. The fourth-order valence-corrected chi connectivity index (χ4v) is 3.45. The quantitative estimate of drug-likeness (QED) is 0.765. The molecule has 10 heteroatoms. The van der Waals surface area contributed by atoms with Gasteiger partial charge in [0.1, 0.15) is 5.82 Å². The molecule has 0 radical (unpaired) electrons. The molecule has 1 fully saturated rings. The summed E-state index contributed by atoms with van der Waals surface area (Å²) in [5.41, 5.74) is -0.547. The number of rotatable bonds is 4. The van der Waals surface area contributed by atoms with Gasteiger partial charge in [-0.05, 0) is 37.0 Å². The van der Waals surface area contributed by atoms with Crippen LogP contribution in [0.4, 0.5) is 17.6 Å². The zero-order valence-corrected chi connectivity index (χ0v) is 16.6. The normalized spacial score (nSPS) is 15.3. The minimum absolute atomic E-state index is 0.169. The van der Waals surface area contributed by atoms with Crippen molar-refractivity contribution in [2.45, 2.75) is 32.5 Å². The first-order chi connectivity index (χ1) is 14.1. The summed E-state index contributed by atoms with van der Waals surface area (Å²) in [5, 5.41) is 6.11. The summed E-state index contributed by atoms with van der Waals surface area (Å²) in [6.07, 6.45) is -2.99. The van der Waals surface area contributed by atoms with Crippen molar-refractivity contribution in [3.05, 3.63) is 52.6 Å². The van der Waals surface area contributed by atoms with Gasteiger partial charge in [-0.25, -0.2) is 4.39 Å². The third-order valence-corrected chi connectivity index (χ3v) is 5.18. The largest absolute Gasteiger partial charge is 0.435 e. The molecule has 0 unspecified atom stereocenters. The van der Waals surface area contributed by atoms with Crippen LogP contribution in [-0.4, -0.2) is 39.6 Å². The van der Waals surface area contributed by atoms with Crippen molar-refractivity contribution in [2.75, 3.05) is 13.1 Å². The van der Waals surface area contributed by atoms with E-state index in [2.05, 4.69) is 10.4 Å². The van der Waals surface area contributed by atoms with Gasteiger partial charge in [-0.3, -0.25) is 14.3 Å². The molecule has 2 heterocycles. The van der Waals surface area contributed by atoms with Gasteiger partial charge in [0.2, 0.25) is 5.91 Å². The number of amides is 2. The van der Waals surface area contributed by atoms with Crippen LogP contribution in [0.5, 0.6) is 0 Å². The summed E-state index contributed by atoms with van der Waals surface area (Å²) in [5.74, 6) is -1.67. The second-order valence-corrected chi connectivity index (χ2v) is 7.43. The van der Waals surface area contributed by atoms with Crippen LogP contribution in [-0.2, 0) is 24.6 Å². The highest BCUT2D eigenvalue weighted by atomic mass is 19.4. The van der Waals surface area contributed by atoms with Crippen LogP contribution in [0.3, 0.4) is 0 Å². The number of benzene rings is 1. The first-order valence-electron chi connectivity index (χ1n) is 9.49. The van der Waals surface area contributed by atoms with Crippen molar-refractivity contribution < 1.29 is 27.2 Å². The lowest BCUT2D eigenvalue weighted by atomic mass is 9.95. The van der Waals surface area contributed by atoms with Crippen LogP contribution in [0.1, 0.15) is 40.0 Å². The molecule has 1 aromatic carbocycles.